The molecule has 0 bridgehead atoms. The van der Waals surface area contributed by atoms with Crippen molar-refractivity contribution in [1.82, 2.24) is 15.8 Å². The van der Waals surface area contributed by atoms with Crippen LogP contribution in [0.25, 0.3) is 0 Å². The number of aromatic nitrogens is 1. The number of hydrogen-bond donors (Lipinski definition) is 2. The van der Waals surface area contributed by atoms with Gasteiger partial charge in [0, 0.05) is 32.2 Å². The van der Waals surface area contributed by atoms with Crippen LogP contribution in [0.3, 0.4) is 0 Å². The first-order valence-corrected chi connectivity index (χ1v) is 8.15. The maximum Gasteiger partial charge on any atom is 0.191 e. The van der Waals surface area contributed by atoms with E-state index in [0.29, 0.717) is 31.4 Å². The molecule has 1 fully saturated rings. The zero-order valence-corrected chi connectivity index (χ0v) is 14.2. The number of guanidine groups is 1. The molecule has 1 aliphatic rings. The lowest BCUT2D eigenvalue weighted by Gasteiger charge is -2.21. The third kappa shape index (κ3) is 4.07. The highest BCUT2D eigenvalue weighted by Gasteiger charge is 2.27. The van der Waals surface area contributed by atoms with Gasteiger partial charge in [0.15, 0.2) is 11.7 Å². The second-order valence-electron chi connectivity index (χ2n) is 6.01. The molecular formula is C17H21F2N5O. The Labute approximate surface area is 144 Å². The highest BCUT2D eigenvalue weighted by molar-refractivity contribution is 5.80. The number of nitrogens with zero attached hydrogens (tertiary/aromatic N) is 3. The average molecular weight is 349 g/mol. The van der Waals surface area contributed by atoms with Gasteiger partial charge in [-0.15, -0.1) is 0 Å². The zero-order chi connectivity index (χ0) is 17.8. The summed E-state index contributed by atoms with van der Waals surface area (Å²) in [5.41, 5.74) is 0.852. The van der Waals surface area contributed by atoms with Crippen molar-refractivity contribution in [3.63, 3.8) is 0 Å². The van der Waals surface area contributed by atoms with Gasteiger partial charge < -0.3 is 20.1 Å². The smallest absolute Gasteiger partial charge is 0.191 e. The predicted octanol–water partition coefficient (Wildman–Crippen LogP) is 2.21. The Morgan fingerprint density at radius 3 is 2.80 bits per heavy atom. The Hall–Kier alpha value is -2.64. The minimum Gasteiger partial charge on any atom is -0.365 e. The lowest BCUT2D eigenvalue weighted by atomic mass is 10.2. The molecule has 1 aliphatic heterocycles. The Balaban J connectivity index is 1.56. The van der Waals surface area contributed by atoms with Crippen LogP contribution in [0, 0.1) is 18.6 Å². The van der Waals surface area contributed by atoms with Crippen LogP contribution in [0.4, 0.5) is 14.5 Å². The maximum absolute atomic E-state index is 13.9. The molecule has 1 aromatic heterocycles. The van der Waals surface area contributed by atoms with E-state index in [1.165, 1.54) is 18.2 Å². The SMILES string of the molecule is CN=C(NCc1cc(C)no1)NC1CCN(c2c(F)cccc2F)C1. The lowest BCUT2D eigenvalue weighted by Crippen LogP contribution is -2.44. The van der Waals surface area contributed by atoms with Crippen molar-refractivity contribution in [1.29, 1.82) is 0 Å². The monoisotopic (exact) mass is 349 g/mol. The molecule has 2 heterocycles. The number of para-hydroxylation sites is 1. The fourth-order valence-electron chi connectivity index (χ4n) is 2.93. The molecule has 1 atom stereocenters. The van der Waals surface area contributed by atoms with Crippen molar-refractivity contribution in [2.45, 2.75) is 25.9 Å². The van der Waals surface area contributed by atoms with Gasteiger partial charge in [-0.2, -0.15) is 0 Å². The van der Waals surface area contributed by atoms with Gasteiger partial charge in [0.25, 0.3) is 0 Å². The molecule has 0 saturated carbocycles. The molecule has 0 radical (unpaired) electrons. The number of rotatable bonds is 4. The molecule has 25 heavy (non-hydrogen) atoms. The number of aliphatic imine (C=N–C) groups is 1. The molecule has 2 N–H and O–H groups in total. The van der Waals surface area contributed by atoms with Crippen LogP contribution in [-0.2, 0) is 6.54 Å². The first-order chi connectivity index (χ1) is 12.1. The van der Waals surface area contributed by atoms with E-state index >= 15 is 0 Å². The van der Waals surface area contributed by atoms with E-state index in [-0.39, 0.29) is 11.7 Å². The Morgan fingerprint density at radius 1 is 1.40 bits per heavy atom. The molecule has 0 spiro atoms. The van der Waals surface area contributed by atoms with E-state index < -0.39 is 11.6 Å². The summed E-state index contributed by atoms with van der Waals surface area (Å²) in [4.78, 5) is 5.89. The fourth-order valence-corrected chi connectivity index (χ4v) is 2.93. The van der Waals surface area contributed by atoms with Gasteiger partial charge in [-0.1, -0.05) is 11.2 Å². The Kier molecular flexibility index (Phi) is 5.16. The van der Waals surface area contributed by atoms with E-state index in [1.807, 2.05) is 13.0 Å². The van der Waals surface area contributed by atoms with Gasteiger partial charge in [-0.05, 0) is 25.5 Å². The highest BCUT2D eigenvalue weighted by Crippen LogP contribution is 2.26. The summed E-state index contributed by atoms with van der Waals surface area (Å²) >= 11 is 0. The number of benzene rings is 1. The molecule has 134 valence electrons. The first-order valence-electron chi connectivity index (χ1n) is 8.15. The molecule has 2 aromatic rings. The molecule has 6 nitrogen and oxygen atoms in total. The topological polar surface area (TPSA) is 65.7 Å². The molecule has 1 saturated heterocycles. The van der Waals surface area contributed by atoms with Gasteiger partial charge >= 0.3 is 0 Å². The summed E-state index contributed by atoms with van der Waals surface area (Å²) in [6.45, 7) is 3.39. The molecule has 1 unspecified atom stereocenters. The van der Waals surface area contributed by atoms with Crippen molar-refractivity contribution >= 4 is 11.6 Å². The number of anilines is 1. The highest BCUT2D eigenvalue weighted by atomic mass is 19.1. The summed E-state index contributed by atoms with van der Waals surface area (Å²) < 4.78 is 33.0. The van der Waals surface area contributed by atoms with Crippen LogP contribution >= 0.6 is 0 Å². The first kappa shape index (κ1) is 17.2. The van der Waals surface area contributed by atoms with Gasteiger partial charge in [-0.3, -0.25) is 4.99 Å². The quantitative estimate of drug-likeness (QED) is 0.654. The van der Waals surface area contributed by atoms with Crippen LogP contribution in [0.5, 0.6) is 0 Å². The standard InChI is InChI=1S/C17H21F2N5O/c1-11-8-13(25-23-11)9-21-17(20-2)22-12-6-7-24(10-12)16-14(18)4-3-5-15(16)19/h3-5,8,12H,6-7,9-10H2,1-2H3,(H2,20,21,22). The van der Waals surface area contributed by atoms with Crippen LogP contribution in [0.15, 0.2) is 33.8 Å². The third-order valence-electron chi connectivity index (χ3n) is 4.11. The van der Waals surface area contributed by atoms with E-state index in [0.717, 1.165) is 12.1 Å². The van der Waals surface area contributed by atoms with E-state index in [4.69, 9.17) is 4.52 Å². The third-order valence-corrected chi connectivity index (χ3v) is 4.11. The molecule has 1 aromatic carbocycles. The van der Waals surface area contributed by atoms with Crippen LogP contribution in [0.2, 0.25) is 0 Å². The number of hydrogen-bond acceptors (Lipinski definition) is 4. The van der Waals surface area contributed by atoms with Crippen LogP contribution < -0.4 is 15.5 Å². The fraction of sp³-hybridized carbons (Fsp3) is 0.412. The minimum atomic E-state index is -0.538. The second kappa shape index (κ2) is 7.50. The Morgan fingerprint density at radius 2 is 2.16 bits per heavy atom. The van der Waals surface area contributed by atoms with Crippen molar-refractivity contribution in [2.24, 2.45) is 4.99 Å². The van der Waals surface area contributed by atoms with Gasteiger partial charge in [0.05, 0.1) is 12.2 Å². The van der Waals surface area contributed by atoms with Gasteiger partial charge in [-0.25, -0.2) is 8.78 Å². The Bertz CT molecular complexity index is 741. The molecular weight excluding hydrogens is 328 g/mol. The van der Waals surface area contributed by atoms with Crippen molar-refractivity contribution in [3.8, 4) is 0 Å². The second-order valence-corrected chi connectivity index (χ2v) is 6.01. The largest absolute Gasteiger partial charge is 0.365 e. The lowest BCUT2D eigenvalue weighted by molar-refractivity contribution is 0.376. The average Bonchev–Trinajstić information content (AvgIpc) is 3.20. The summed E-state index contributed by atoms with van der Waals surface area (Å²) in [6, 6.07) is 5.81. The molecule has 0 amide bonds. The molecule has 0 aliphatic carbocycles. The normalized spacial score (nSPS) is 17.8. The van der Waals surface area contributed by atoms with Crippen LogP contribution in [-0.4, -0.2) is 37.3 Å². The maximum atomic E-state index is 13.9. The van der Waals surface area contributed by atoms with E-state index in [9.17, 15) is 8.78 Å². The van der Waals surface area contributed by atoms with Crippen molar-refractivity contribution in [3.05, 3.63) is 47.4 Å². The molecule has 8 heteroatoms. The summed E-state index contributed by atoms with van der Waals surface area (Å²) in [5.74, 6) is 0.240. The van der Waals surface area contributed by atoms with E-state index in [1.54, 1.807) is 11.9 Å². The number of aryl methyl sites for hydroxylation is 1. The predicted molar refractivity (Wildman–Crippen MR) is 91.6 cm³/mol. The van der Waals surface area contributed by atoms with E-state index in [2.05, 4.69) is 20.8 Å². The zero-order valence-electron chi connectivity index (χ0n) is 14.2. The molecule has 3 rings (SSSR count). The van der Waals surface area contributed by atoms with Crippen molar-refractivity contribution in [2.75, 3.05) is 25.0 Å². The van der Waals surface area contributed by atoms with Gasteiger partial charge in [0.2, 0.25) is 0 Å². The summed E-state index contributed by atoms with van der Waals surface area (Å²) in [6.07, 6.45) is 0.760. The van der Waals surface area contributed by atoms with Crippen LogP contribution in [0.1, 0.15) is 17.9 Å². The summed E-state index contributed by atoms with van der Waals surface area (Å²) in [7, 11) is 1.67. The minimum absolute atomic E-state index is 0.0341. The van der Waals surface area contributed by atoms with Crippen molar-refractivity contribution < 1.29 is 13.3 Å². The number of halogens is 2. The number of nitrogens with one attached hydrogen (secondary N) is 2. The summed E-state index contributed by atoms with van der Waals surface area (Å²) in [5, 5.41) is 10.2. The van der Waals surface area contributed by atoms with Gasteiger partial charge in [0.1, 0.15) is 17.3 Å².